The van der Waals surface area contributed by atoms with Crippen LogP contribution >= 0.6 is 23.2 Å². The first-order valence-electron chi connectivity index (χ1n) is 7.30. The highest BCUT2D eigenvalue weighted by atomic mass is 35.5. The first-order chi connectivity index (χ1) is 11.1. The van der Waals surface area contributed by atoms with Gasteiger partial charge in [-0.25, -0.2) is 0 Å². The van der Waals surface area contributed by atoms with Crippen LogP contribution in [0.5, 0.6) is 5.75 Å². The lowest BCUT2D eigenvalue weighted by atomic mass is 10.3. The van der Waals surface area contributed by atoms with Crippen LogP contribution in [0.2, 0.25) is 10.0 Å². The summed E-state index contributed by atoms with van der Waals surface area (Å²) in [5.41, 5.74) is 1.30. The van der Waals surface area contributed by atoms with Crippen molar-refractivity contribution in [2.24, 2.45) is 0 Å². The molecule has 2 aromatic rings. The van der Waals surface area contributed by atoms with E-state index in [2.05, 4.69) is 10.6 Å². The topological polar surface area (TPSA) is 50.4 Å². The fourth-order valence-electron chi connectivity index (χ4n) is 1.90. The van der Waals surface area contributed by atoms with Gasteiger partial charge in [0.05, 0.1) is 23.9 Å². The van der Waals surface area contributed by atoms with Gasteiger partial charge in [0, 0.05) is 16.8 Å². The van der Waals surface area contributed by atoms with Gasteiger partial charge in [-0.3, -0.25) is 4.79 Å². The summed E-state index contributed by atoms with van der Waals surface area (Å²) in [5, 5.41) is 6.83. The molecular formula is C17H18Cl2N2O2. The zero-order valence-electron chi connectivity index (χ0n) is 12.7. The van der Waals surface area contributed by atoms with Crippen molar-refractivity contribution in [3.63, 3.8) is 0 Å². The maximum atomic E-state index is 12.0. The second kappa shape index (κ2) is 8.65. The van der Waals surface area contributed by atoms with Gasteiger partial charge in [-0.2, -0.15) is 0 Å². The van der Waals surface area contributed by atoms with Gasteiger partial charge in [0.1, 0.15) is 5.75 Å². The zero-order valence-corrected chi connectivity index (χ0v) is 14.2. The molecule has 2 N–H and O–H groups in total. The number of hydrogen-bond acceptors (Lipinski definition) is 3. The summed E-state index contributed by atoms with van der Waals surface area (Å²) in [7, 11) is 0. The summed E-state index contributed by atoms with van der Waals surface area (Å²) >= 11 is 11.9. The summed E-state index contributed by atoms with van der Waals surface area (Å²) in [4.78, 5) is 12.0. The van der Waals surface area contributed by atoms with Crippen LogP contribution in [0.3, 0.4) is 0 Å². The summed E-state index contributed by atoms with van der Waals surface area (Å²) in [5.74, 6) is 0.546. The second-order valence-corrected chi connectivity index (χ2v) is 5.75. The first-order valence-corrected chi connectivity index (χ1v) is 8.05. The van der Waals surface area contributed by atoms with Gasteiger partial charge in [-0.15, -0.1) is 0 Å². The molecule has 0 radical (unpaired) electrons. The van der Waals surface area contributed by atoms with E-state index in [9.17, 15) is 4.79 Å². The van der Waals surface area contributed by atoms with E-state index in [1.807, 2.05) is 25.1 Å². The van der Waals surface area contributed by atoms with Crippen molar-refractivity contribution in [3.8, 4) is 5.75 Å². The van der Waals surface area contributed by atoms with E-state index in [1.54, 1.807) is 24.3 Å². The molecule has 0 spiro atoms. The fourth-order valence-corrected chi connectivity index (χ4v) is 2.25. The Bertz CT molecular complexity index is 677. The number of carbonyl (C=O) groups excluding carboxylic acids is 1. The molecule has 0 saturated carbocycles. The van der Waals surface area contributed by atoms with Gasteiger partial charge < -0.3 is 15.4 Å². The molecule has 2 rings (SSSR count). The molecule has 0 aliphatic rings. The molecule has 0 atom stereocenters. The third-order valence-corrected chi connectivity index (χ3v) is 3.52. The third-order valence-electron chi connectivity index (χ3n) is 2.96. The van der Waals surface area contributed by atoms with E-state index >= 15 is 0 Å². The molecular weight excluding hydrogens is 335 g/mol. The molecule has 0 heterocycles. The van der Waals surface area contributed by atoms with Gasteiger partial charge in [0.15, 0.2) is 0 Å². The van der Waals surface area contributed by atoms with Crippen molar-refractivity contribution in [3.05, 3.63) is 52.5 Å². The summed E-state index contributed by atoms with van der Waals surface area (Å²) in [6.45, 7) is 2.77. The van der Waals surface area contributed by atoms with Gasteiger partial charge in [0.25, 0.3) is 0 Å². The minimum atomic E-state index is -0.186. The van der Waals surface area contributed by atoms with Crippen molar-refractivity contribution in [2.75, 3.05) is 23.8 Å². The smallest absolute Gasteiger partial charge is 0.243 e. The molecule has 2 aromatic carbocycles. The number of carbonyl (C=O) groups is 1. The maximum Gasteiger partial charge on any atom is 0.243 e. The van der Waals surface area contributed by atoms with Crippen molar-refractivity contribution in [1.29, 1.82) is 0 Å². The Morgan fingerprint density at radius 1 is 1.17 bits per heavy atom. The minimum absolute atomic E-state index is 0.0834. The van der Waals surface area contributed by atoms with E-state index in [1.165, 1.54) is 0 Å². The van der Waals surface area contributed by atoms with E-state index in [0.717, 1.165) is 12.2 Å². The van der Waals surface area contributed by atoms with Crippen molar-refractivity contribution in [2.45, 2.75) is 13.3 Å². The standard InChI is InChI=1S/C17H18Cl2N2O2/c1-2-8-23-14-5-3-4-13(10-14)21-17(22)11-20-16-9-12(18)6-7-15(16)19/h3-7,9-10,20H,2,8,11H2,1H3,(H,21,22). The van der Waals surface area contributed by atoms with Gasteiger partial charge in [-0.1, -0.05) is 36.2 Å². The average molecular weight is 353 g/mol. The van der Waals surface area contributed by atoms with Crippen LogP contribution in [0.4, 0.5) is 11.4 Å². The number of amides is 1. The monoisotopic (exact) mass is 352 g/mol. The van der Waals surface area contributed by atoms with Gasteiger partial charge in [-0.05, 0) is 36.8 Å². The molecule has 0 aliphatic heterocycles. The lowest BCUT2D eigenvalue weighted by molar-refractivity contribution is -0.114. The predicted octanol–water partition coefficient (Wildman–Crippen LogP) is 4.83. The number of rotatable bonds is 7. The molecule has 0 fully saturated rings. The van der Waals surface area contributed by atoms with E-state index in [0.29, 0.717) is 28.0 Å². The van der Waals surface area contributed by atoms with E-state index < -0.39 is 0 Å². The number of benzene rings is 2. The van der Waals surface area contributed by atoms with Crippen molar-refractivity contribution < 1.29 is 9.53 Å². The summed E-state index contributed by atoms with van der Waals surface area (Å²) in [6, 6.07) is 12.3. The molecule has 122 valence electrons. The predicted molar refractivity (Wildman–Crippen MR) is 95.8 cm³/mol. The van der Waals surface area contributed by atoms with Crippen LogP contribution < -0.4 is 15.4 Å². The molecule has 0 aliphatic carbocycles. The lowest BCUT2D eigenvalue weighted by Gasteiger charge is -2.11. The molecule has 0 aromatic heterocycles. The highest BCUT2D eigenvalue weighted by Gasteiger charge is 2.06. The van der Waals surface area contributed by atoms with Crippen molar-refractivity contribution >= 4 is 40.5 Å². The molecule has 4 nitrogen and oxygen atoms in total. The maximum absolute atomic E-state index is 12.0. The molecule has 23 heavy (non-hydrogen) atoms. The average Bonchev–Trinajstić information content (AvgIpc) is 2.54. The Balaban J connectivity index is 1.90. The summed E-state index contributed by atoms with van der Waals surface area (Å²) < 4.78 is 5.54. The first kappa shape index (κ1) is 17.4. The molecule has 0 bridgehead atoms. The number of ether oxygens (including phenoxy) is 1. The van der Waals surface area contributed by atoms with Crippen LogP contribution in [0, 0.1) is 0 Å². The number of nitrogens with one attached hydrogen (secondary N) is 2. The Morgan fingerprint density at radius 2 is 2.00 bits per heavy atom. The van der Waals surface area contributed by atoms with E-state index in [-0.39, 0.29) is 12.5 Å². The largest absolute Gasteiger partial charge is 0.494 e. The molecule has 0 unspecified atom stereocenters. The number of hydrogen-bond donors (Lipinski definition) is 2. The summed E-state index contributed by atoms with van der Waals surface area (Å²) in [6.07, 6.45) is 0.931. The van der Waals surface area contributed by atoms with Crippen molar-refractivity contribution in [1.82, 2.24) is 0 Å². The lowest BCUT2D eigenvalue weighted by Crippen LogP contribution is -2.21. The normalized spacial score (nSPS) is 10.2. The van der Waals surface area contributed by atoms with Crippen LogP contribution in [0.15, 0.2) is 42.5 Å². The Hall–Kier alpha value is -1.91. The molecule has 6 heteroatoms. The Labute approximate surface area is 145 Å². The van der Waals surface area contributed by atoms with Gasteiger partial charge in [0.2, 0.25) is 5.91 Å². The van der Waals surface area contributed by atoms with Crippen LogP contribution in [-0.4, -0.2) is 19.1 Å². The Morgan fingerprint density at radius 3 is 2.78 bits per heavy atom. The SMILES string of the molecule is CCCOc1cccc(NC(=O)CNc2cc(Cl)ccc2Cl)c1. The molecule has 0 saturated heterocycles. The van der Waals surface area contributed by atoms with Crippen LogP contribution in [0.1, 0.15) is 13.3 Å². The highest BCUT2D eigenvalue weighted by Crippen LogP contribution is 2.25. The van der Waals surface area contributed by atoms with Crippen LogP contribution in [-0.2, 0) is 4.79 Å². The number of anilines is 2. The Kier molecular flexibility index (Phi) is 6.56. The quantitative estimate of drug-likeness (QED) is 0.749. The minimum Gasteiger partial charge on any atom is -0.494 e. The fraction of sp³-hybridized carbons (Fsp3) is 0.235. The van der Waals surface area contributed by atoms with Gasteiger partial charge >= 0.3 is 0 Å². The third kappa shape index (κ3) is 5.66. The highest BCUT2D eigenvalue weighted by molar-refractivity contribution is 6.35. The van der Waals surface area contributed by atoms with Crippen LogP contribution in [0.25, 0.3) is 0 Å². The van der Waals surface area contributed by atoms with E-state index in [4.69, 9.17) is 27.9 Å². The number of halogens is 2. The second-order valence-electron chi connectivity index (χ2n) is 4.90. The zero-order chi connectivity index (χ0) is 16.7. The molecule has 1 amide bonds.